The molecular weight excluding hydrogens is 296 g/mol. The minimum absolute atomic E-state index is 0.230. The van der Waals surface area contributed by atoms with Crippen LogP contribution >= 0.6 is 0 Å². The molecule has 0 unspecified atom stereocenters. The number of benzene rings is 1. The molecule has 23 heavy (non-hydrogen) atoms. The van der Waals surface area contributed by atoms with Gasteiger partial charge in [0, 0.05) is 12.6 Å². The molecule has 0 saturated carbocycles. The van der Waals surface area contributed by atoms with Crippen molar-refractivity contribution in [2.75, 3.05) is 6.54 Å². The Hall–Kier alpha value is -2.67. The quantitative estimate of drug-likeness (QED) is 0.804. The lowest BCUT2D eigenvalue weighted by Gasteiger charge is -2.27. The van der Waals surface area contributed by atoms with Crippen LogP contribution in [0.5, 0.6) is 0 Å². The lowest BCUT2D eigenvalue weighted by Crippen LogP contribution is -2.35. The summed E-state index contributed by atoms with van der Waals surface area (Å²) in [7, 11) is 1.78. The number of hydrogen-bond donors (Lipinski definition) is 0. The van der Waals surface area contributed by atoms with E-state index in [4.69, 9.17) is 4.84 Å². The Morgan fingerprint density at radius 1 is 1.35 bits per heavy atom. The maximum absolute atomic E-state index is 12.6. The molecule has 4 rings (SSSR count). The van der Waals surface area contributed by atoms with Crippen LogP contribution in [-0.4, -0.2) is 38.6 Å². The Kier molecular flexibility index (Phi) is 3.16. The number of carbonyl (C=O) groups is 2. The molecule has 2 aromatic rings. The van der Waals surface area contributed by atoms with Crippen molar-refractivity contribution < 1.29 is 14.4 Å². The van der Waals surface area contributed by atoms with Crippen LogP contribution in [0.2, 0.25) is 0 Å². The SMILES string of the molecule is Cn1ncc2c1[C@@H](C=O)N1C[C@@H]2N(OCc2ccccc2)C1=O. The number of aromatic nitrogens is 2. The van der Waals surface area contributed by atoms with Crippen LogP contribution in [0.4, 0.5) is 4.79 Å². The first-order chi connectivity index (χ1) is 11.2. The van der Waals surface area contributed by atoms with Gasteiger partial charge >= 0.3 is 6.03 Å². The molecule has 1 aromatic heterocycles. The number of carbonyl (C=O) groups excluding carboxylic acids is 2. The molecule has 1 aromatic carbocycles. The average Bonchev–Trinajstić information content (AvgIpc) is 3.09. The summed E-state index contributed by atoms with van der Waals surface area (Å²) in [6.45, 7) is 0.744. The Balaban J connectivity index is 1.63. The fraction of sp³-hybridized carbons (Fsp3) is 0.312. The van der Waals surface area contributed by atoms with Crippen molar-refractivity contribution in [1.82, 2.24) is 19.7 Å². The molecule has 1 fully saturated rings. The molecule has 7 heteroatoms. The number of nitrogens with zero attached hydrogens (tertiary/aromatic N) is 4. The van der Waals surface area contributed by atoms with E-state index in [1.54, 1.807) is 17.9 Å². The van der Waals surface area contributed by atoms with Gasteiger partial charge in [0.05, 0.1) is 18.4 Å². The Morgan fingerprint density at radius 2 is 2.13 bits per heavy atom. The van der Waals surface area contributed by atoms with Crippen molar-refractivity contribution in [2.45, 2.75) is 18.7 Å². The maximum Gasteiger partial charge on any atom is 0.345 e. The Morgan fingerprint density at radius 3 is 2.87 bits per heavy atom. The highest BCUT2D eigenvalue weighted by Crippen LogP contribution is 2.42. The molecule has 2 atom stereocenters. The predicted molar refractivity (Wildman–Crippen MR) is 79.9 cm³/mol. The zero-order chi connectivity index (χ0) is 16.0. The molecule has 0 radical (unpaired) electrons. The van der Waals surface area contributed by atoms with Gasteiger partial charge in [-0.1, -0.05) is 30.3 Å². The monoisotopic (exact) mass is 312 g/mol. The van der Waals surface area contributed by atoms with Gasteiger partial charge in [-0.25, -0.2) is 4.79 Å². The van der Waals surface area contributed by atoms with Crippen molar-refractivity contribution in [2.24, 2.45) is 7.05 Å². The van der Waals surface area contributed by atoms with Crippen molar-refractivity contribution in [3.63, 3.8) is 0 Å². The number of aldehydes is 1. The summed E-state index contributed by atoms with van der Waals surface area (Å²) in [5, 5.41) is 5.60. The van der Waals surface area contributed by atoms with E-state index in [0.717, 1.165) is 23.1 Å². The summed E-state index contributed by atoms with van der Waals surface area (Å²) in [4.78, 5) is 31.4. The van der Waals surface area contributed by atoms with Crippen molar-refractivity contribution in [3.8, 4) is 0 Å². The third-order valence-corrected chi connectivity index (χ3v) is 4.42. The van der Waals surface area contributed by atoms with Gasteiger partial charge in [0.15, 0.2) is 0 Å². The average molecular weight is 312 g/mol. The van der Waals surface area contributed by atoms with Crippen LogP contribution in [0.25, 0.3) is 0 Å². The van der Waals surface area contributed by atoms with Crippen molar-refractivity contribution >= 4 is 12.3 Å². The van der Waals surface area contributed by atoms with Crippen molar-refractivity contribution in [1.29, 1.82) is 0 Å². The molecule has 7 nitrogen and oxygen atoms in total. The molecular formula is C16H16N4O3. The summed E-state index contributed by atoms with van der Waals surface area (Å²) in [6.07, 6.45) is 2.50. The van der Waals surface area contributed by atoms with Gasteiger partial charge in [0.1, 0.15) is 25.0 Å². The fourth-order valence-electron chi connectivity index (χ4n) is 3.29. The summed E-state index contributed by atoms with van der Waals surface area (Å²) in [5.41, 5.74) is 2.62. The molecule has 0 spiro atoms. The summed E-state index contributed by atoms with van der Waals surface area (Å²) >= 11 is 0. The van der Waals surface area contributed by atoms with Gasteiger partial charge < -0.3 is 9.69 Å². The largest absolute Gasteiger partial charge is 0.345 e. The van der Waals surface area contributed by atoms with Crippen LogP contribution in [0, 0.1) is 0 Å². The highest BCUT2D eigenvalue weighted by atomic mass is 16.7. The minimum Gasteiger partial charge on any atom is -0.305 e. The topological polar surface area (TPSA) is 67.7 Å². The smallest absolute Gasteiger partial charge is 0.305 e. The third-order valence-electron chi connectivity index (χ3n) is 4.42. The second kappa shape index (κ2) is 5.20. The molecule has 1 saturated heterocycles. The molecule has 0 N–H and O–H groups in total. The first-order valence-corrected chi connectivity index (χ1v) is 7.44. The number of rotatable bonds is 4. The van der Waals surface area contributed by atoms with E-state index in [1.807, 2.05) is 30.3 Å². The molecule has 2 aliphatic rings. The van der Waals surface area contributed by atoms with Crippen LogP contribution in [-0.2, 0) is 23.3 Å². The number of hydroxylamine groups is 2. The minimum atomic E-state index is -0.605. The van der Waals surface area contributed by atoms with Crippen molar-refractivity contribution in [3.05, 3.63) is 53.3 Å². The lowest BCUT2D eigenvalue weighted by atomic mass is 9.99. The van der Waals surface area contributed by atoms with E-state index in [2.05, 4.69) is 5.10 Å². The molecule has 2 aliphatic heterocycles. The van der Waals surface area contributed by atoms with E-state index in [0.29, 0.717) is 13.2 Å². The van der Waals surface area contributed by atoms with Gasteiger partial charge in [-0.15, -0.1) is 0 Å². The predicted octanol–water partition coefficient (Wildman–Crippen LogP) is 1.58. The normalized spacial score (nSPS) is 22.4. The Bertz CT molecular complexity index is 758. The zero-order valence-electron chi connectivity index (χ0n) is 12.6. The first-order valence-electron chi connectivity index (χ1n) is 7.44. The third kappa shape index (κ3) is 2.04. The lowest BCUT2D eigenvalue weighted by molar-refractivity contribution is -0.141. The van der Waals surface area contributed by atoms with E-state index >= 15 is 0 Å². The van der Waals surface area contributed by atoms with Gasteiger partial charge in [0.25, 0.3) is 0 Å². The van der Waals surface area contributed by atoms with Crippen LogP contribution in [0.3, 0.4) is 0 Å². The highest BCUT2D eigenvalue weighted by Gasteiger charge is 2.50. The molecule has 0 aliphatic carbocycles. The van der Waals surface area contributed by atoms with Crippen LogP contribution in [0.1, 0.15) is 28.9 Å². The number of aryl methyl sites for hydroxylation is 1. The number of amides is 2. The molecule has 118 valence electrons. The van der Waals surface area contributed by atoms with Gasteiger partial charge in [-0.05, 0) is 5.56 Å². The number of urea groups is 1. The van der Waals surface area contributed by atoms with E-state index < -0.39 is 6.04 Å². The summed E-state index contributed by atoms with van der Waals surface area (Å²) in [6, 6.07) is 8.55. The van der Waals surface area contributed by atoms with Crippen LogP contribution < -0.4 is 0 Å². The van der Waals surface area contributed by atoms with Gasteiger partial charge in [0.2, 0.25) is 0 Å². The van der Waals surface area contributed by atoms with E-state index in [-0.39, 0.29) is 12.1 Å². The van der Waals surface area contributed by atoms with Gasteiger partial charge in [-0.3, -0.25) is 9.52 Å². The summed E-state index contributed by atoms with van der Waals surface area (Å²) < 4.78 is 1.65. The van der Waals surface area contributed by atoms with E-state index in [9.17, 15) is 9.59 Å². The first kappa shape index (κ1) is 14.0. The van der Waals surface area contributed by atoms with Crippen LogP contribution in [0.15, 0.2) is 36.5 Å². The fourth-order valence-corrected chi connectivity index (χ4v) is 3.29. The second-order valence-electron chi connectivity index (χ2n) is 5.73. The van der Waals surface area contributed by atoms with Gasteiger partial charge in [-0.2, -0.15) is 10.2 Å². The molecule has 2 amide bonds. The molecule has 3 heterocycles. The summed E-state index contributed by atoms with van der Waals surface area (Å²) in [5.74, 6) is 0. The highest BCUT2D eigenvalue weighted by molar-refractivity contribution is 5.82. The van der Waals surface area contributed by atoms with E-state index in [1.165, 1.54) is 9.96 Å². The Labute approximate surface area is 133 Å². The number of hydrogen-bond acceptors (Lipinski definition) is 4. The zero-order valence-corrected chi connectivity index (χ0v) is 12.6. The molecule has 2 bridgehead atoms. The maximum atomic E-state index is 12.6. The standard InChI is InChI=1S/C16H16N4O3/c1-18-15-12(7-17-18)13-8-19(14(15)9-21)16(22)20(13)23-10-11-5-3-2-4-6-11/h2-7,9,13-14H,8,10H2,1H3/t13-,14+/m0/s1. The second-order valence-corrected chi connectivity index (χ2v) is 5.73. The number of fused-ring (bicyclic) bond motifs is 4.